The number of anilines is 1. The summed E-state index contributed by atoms with van der Waals surface area (Å²) in [6.45, 7) is 8.34. The summed E-state index contributed by atoms with van der Waals surface area (Å²) in [6, 6.07) is 2.83. The van der Waals surface area contributed by atoms with Crippen molar-refractivity contribution < 1.29 is 28.2 Å². The zero-order chi connectivity index (χ0) is 26.6. The van der Waals surface area contributed by atoms with Crippen molar-refractivity contribution in [2.24, 2.45) is 5.73 Å². The lowest BCUT2D eigenvalue weighted by Crippen LogP contribution is -2.57. The van der Waals surface area contributed by atoms with Crippen LogP contribution in [0.1, 0.15) is 30.6 Å². The summed E-state index contributed by atoms with van der Waals surface area (Å²) in [6.07, 6.45) is 1.80. The molecule has 2 saturated heterocycles. The lowest BCUT2D eigenvalue weighted by atomic mass is 9.96. The Labute approximate surface area is 213 Å². The summed E-state index contributed by atoms with van der Waals surface area (Å²) in [5.74, 6) is -3.43. The highest BCUT2D eigenvalue weighted by molar-refractivity contribution is 6.03. The second-order valence-corrected chi connectivity index (χ2v) is 10.1. The predicted octanol–water partition coefficient (Wildman–Crippen LogP) is 2.28. The van der Waals surface area contributed by atoms with E-state index in [0.29, 0.717) is 13.0 Å². The van der Waals surface area contributed by atoms with Gasteiger partial charge < -0.3 is 30.3 Å². The highest BCUT2D eigenvalue weighted by Gasteiger charge is 2.46. The molecule has 1 aromatic carbocycles. The number of ether oxygens (including phenoxy) is 1. The largest absolute Gasteiger partial charge is 0.507 e. The molecule has 0 radical (unpaired) electrons. The SMILES string of the molecule is C=CC(=O)N1CCN2C(=O)c3c(N4CCC(N)C4(C)C)nc(-c4c(O)cccc4F)c(F)c3OCC2C1. The molecule has 4 heterocycles. The number of phenols is 1. The van der Waals surface area contributed by atoms with Crippen LogP contribution in [0.15, 0.2) is 30.9 Å². The lowest BCUT2D eigenvalue weighted by molar-refractivity contribution is -0.128. The van der Waals surface area contributed by atoms with Crippen LogP contribution in [0.3, 0.4) is 0 Å². The number of carbonyl (C=O) groups excluding carboxylic acids is 2. The van der Waals surface area contributed by atoms with Crippen LogP contribution in [-0.4, -0.2) is 82.1 Å². The number of hydrogen-bond acceptors (Lipinski definition) is 7. The number of carbonyl (C=O) groups is 2. The Balaban J connectivity index is 1.70. The number of nitrogens with zero attached hydrogens (tertiary/aromatic N) is 4. The molecule has 2 atom stereocenters. The third-order valence-corrected chi connectivity index (χ3v) is 7.69. The van der Waals surface area contributed by atoms with Crippen molar-refractivity contribution in [2.45, 2.75) is 37.9 Å². The number of fused-ring (bicyclic) bond motifs is 2. The van der Waals surface area contributed by atoms with Crippen LogP contribution in [0.5, 0.6) is 11.5 Å². The molecule has 0 bridgehead atoms. The monoisotopic (exact) mass is 513 g/mol. The molecule has 196 valence electrons. The summed E-state index contributed by atoms with van der Waals surface area (Å²) in [5.41, 5.74) is 4.73. The quantitative estimate of drug-likeness (QED) is 0.606. The van der Waals surface area contributed by atoms with E-state index >= 15 is 4.39 Å². The fourth-order valence-corrected chi connectivity index (χ4v) is 5.37. The molecule has 2 fully saturated rings. The van der Waals surface area contributed by atoms with E-state index in [0.717, 1.165) is 6.07 Å². The molecule has 3 N–H and O–H groups in total. The fourth-order valence-electron chi connectivity index (χ4n) is 5.37. The predicted molar refractivity (Wildman–Crippen MR) is 132 cm³/mol. The molecule has 3 aliphatic heterocycles. The van der Waals surface area contributed by atoms with Gasteiger partial charge in [0.1, 0.15) is 35.2 Å². The maximum atomic E-state index is 16.1. The molecule has 5 rings (SSSR count). The van der Waals surface area contributed by atoms with Crippen LogP contribution < -0.4 is 15.4 Å². The maximum Gasteiger partial charge on any atom is 0.262 e. The molecule has 3 aliphatic rings. The molecule has 0 spiro atoms. The first kappa shape index (κ1) is 24.9. The van der Waals surface area contributed by atoms with E-state index in [2.05, 4.69) is 11.6 Å². The van der Waals surface area contributed by atoms with Crippen molar-refractivity contribution in [2.75, 3.05) is 37.7 Å². The number of nitrogens with two attached hydrogens (primary N) is 1. The summed E-state index contributed by atoms with van der Waals surface area (Å²) < 4.78 is 36.8. The van der Waals surface area contributed by atoms with Crippen LogP contribution in [0, 0.1) is 11.6 Å². The van der Waals surface area contributed by atoms with Gasteiger partial charge in [-0.1, -0.05) is 12.6 Å². The van der Waals surface area contributed by atoms with Gasteiger partial charge in [-0.2, -0.15) is 0 Å². The van der Waals surface area contributed by atoms with Gasteiger partial charge in [0.2, 0.25) is 5.91 Å². The van der Waals surface area contributed by atoms with E-state index in [4.69, 9.17) is 10.5 Å². The van der Waals surface area contributed by atoms with Gasteiger partial charge in [-0.25, -0.2) is 13.8 Å². The van der Waals surface area contributed by atoms with E-state index in [-0.39, 0.29) is 55.3 Å². The minimum Gasteiger partial charge on any atom is -0.507 e. The van der Waals surface area contributed by atoms with Crippen molar-refractivity contribution in [3.63, 3.8) is 0 Å². The highest BCUT2D eigenvalue weighted by Crippen LogP contribution is 2.45. The van der Waals surface area contributed by atoms with Crippen molar-refractivity contribution in [3.8, 4) is 22.8 Å². The standard InChI is InChI=1S/C26H29F2N5O4/c1-4-18(35)31-10-11-32-14(12-31)13-37-23-20(25(32)36)24(33-9-8-17(29)26(33,2)3)30-22(21(23)28)19-15(27)6-5-7-16(19)34/h4-7,14,17,34H,1,8-13,29H2,2-3H3. The van der Waals surface area contributed by atoms with Gasteiger partial charge in [-0.15, -0.1) is 0 Å². The van der Waals surface area contributed by atoms with E-state index in [9.17, 15) is 19.1 Å². The summed E-state index contributed by atoms with van der Waals surface area (Å²) in [5, 5.41) is 10.4. The Hall–Kier alpha value is -3.73. The molecule has 9 nitrogen and oxygen atoms in total. The lowest BCUT2D eigenvalue weighted by Gasteiger charge is -2.40. The second-order valence-electron chi connectivity index (χ2n) is 10.1. The molecule has 0 aliphatic carbocycles. The Morgan fingerprint density at radius 2 is 2.03 bits per heavy atom. The molecular formula is C26H29F2N5O4. The Kier molecular flexibility index (Phi) is 6.06. The van der Waals surface area contributed by atoms with E-state index in [1.165, 1.54) is 18.2 Å². The molecular weight excluding hydrogens is 484 g/mol. The smallest absolute Gasteiger partial charge is 0.262 e. The van der Waals surface area contributed by atoms with Crippen molar-refractivity contribution >= 4 is 17.6 Å². The average molecular weight is 514 g/mol. The maximum absolute atomic E-state index is 16.1. The first-order valence-electron chi connectivity index (χ1n) is 12.2. The van der Waals surface area contributed by atoms with Gasteiger partial charge >= 0.3 is 0 Å². The van der Waals surface area contributed by atoms with Gasteiger partial charge in [-0.3, -0.25) is 9.59 Å². The van der Waals surface area contributed by atoms with Gasteiger partial charge in [0.05, 0.1) is 17.1 Å². The van der Waals surface area contributed by atoms with Crippen molar-refractivity contribution in [1.82, 2.24) is 14.8 Å². The first-order chi connectivity index (χ1) is 17.6. The van der Waals surface area contributed by atoms with E-state index < -0.39 is 46.1 Å². The van der Waals surface area contributed by atoms with Gasteiger partial charge in [0, 0.05) is 32.2 Å². The summed E-state index contributed by atoms with van der Waals surface area (Å²) >= 11 is 0. The van der Waals surface area contributed by atoms with Crippen LogP contribution in [-0.2, 0) is 4.79 Å². The number of rotatable bonds is 3. The van der Waals surface area contributed by atoms with Gasteiger partial charge in [-0.05, 0) is 38.5 Å². The normalized spacial score (nSPS) is 22.7. The molecule has 2 unspecified atom stereocenters. The van der Waals surface area contributed by atoms with Gasteiger partial charge in [0.15, 0.2) is 11.6 Å². The number of hydrogen-bond donors (Lipinski definition) is 2. The summed E-state index contributed by atoms with van der Waals surface area (Å²) in [4.78, 5) is 35.5. The Morgan fingerprint density at radius 1 is 1.27 bits per heavy atom. The fraction of sp³-hybridized carbons (Fsp3) is 0.423. The third-order valence-electron chi connectivity index (χ3n) is 7.69. The average Bonchev–Trinajstić information content (AvgIpc) is 3.04. The summed E-state index contributed by atoms with van der Waals surface area (Å²) in [7, 11) is 0. The third kappa shape index (κ3) is 3.88. The number of amides is 2. The zero-order valence-electron chi connectivity index (χ0n) is 20.7. The van der Waals surface area contributed by atoms with E-state index in [1.54, 1.807) is 9.80 Å². The number of aromatic nitrogens is 1. The minimum absolute atomic E-state index is 0.0785. The first-order valence-corrected chi connectivity index (χ1v) is 12.2. The Bertz CT molecular complexity index is 1280. The molecule has 2 aromatic rings. The minimum atomic E-state index is -1.05. The van der Waals surface area contributed by atoms with E-state index in [1.807, 2.05) is 18.7 Å². The number of aromatic hydroxyl groups is 1. The van der Waals surface area contributed by atoms with Crippen LogP contribution in [0.4, 0.5) is 14.6 Å². The van der Waals surface area contributed by atoms with Crippen LogP contribution >= 0.6 is 0 Å². The number of phenolic OH excluding ortho intramolecular Hbond substituents is 1. The Morgan fingerprint density at radius 3 is 2.68 bits per heavy atom. The molecule has 37 heavy (non-hydrogen) atoms. The zero-order valence-corrected chi connectivity index (χ0v) is 20.7. The van der Waals surface area contributed by atoms with Crippen molar-refractivity contribution in [1.29, 1.82) is 0 Å². The van der Waals surface area contributed by atoms with Crippen molar-refractivity contribution in [3.05, 3.63) is 48.1 Å². The molecule has 11 heteroatoms. The topological polar surface area (TPSA) is 112 Å². The number of piperazine rings is 1. The number of pyridine rings is 1. The number of benzene rings is 1. The van der Waals surface area contributed by atoms with Crippen LogP contribution in [0.25, 0.3) is 11.3 Å². The highest BCUT2D eigenvalue weighted by atomic mass is 19.1. The van der Waals surface area contributed by atoms with Crippen LogP contribution in [0.2, 0.25) is 0 Å². The molecule has 2 amide bonds. The second kappa shape index (κ2) is 8.98. The molecule has 1 aromatic heterocycles. The van der Waals surface area contributed by atoms with Gasteiger partial charge in [0.25, 0.3) is 5.91 Å². The molecule has 0 saturated carbocycles. The number of halogens is 2.